The Labute approximate surface area is 67.1 Å². The van der Waals surface area contributed by atoms with Crippen LogP contribution >= 0.6 is 0 Å². The van der Waals surface area contributed by atoms with E-state index in [0.29, 0.717) is 5.65 Å². The zero-order valence-electron chi connectivity index (χ0n) is 5.98. The molecule has 0 radical (unpaired) electrons. The van der Waals surface area contributed by atoms with E-state index < -0.39 is 5.97 Å². The molecular formula is C7H5N3O2. The molecule has 2 rings (SSSR count). The molecule has 2 aromatic rings. The Morgan fingerprint density at radius 2 is 2.42 bits per heavy atom. The molecule has 0 amide bonds. The highest BCUT2D eigenvalue weighted by Gasteiger charge is 2.06. The molecule has 2 heterocycles. The monoisotopic (exact) mass is 163 g/mol. The van der Waals surface area contributed by atoms with Crippen LogP contribution in [-0.2, 0) is 0 Å². The first-order valence-corrected chi connectivity index (χ1v) is 3.31. The van der Waals surface area contributed by atoms with Crippen molar-refractivity contribution < 1.29 is 9.90 Å². The van der Waals surface area contributed by atoms with Crippen LogP contribution in [0.5, 0.6) is 0 Å². The Hall–Kier alpha value is -1.91. The summed E-state index contributed by atoms with van der Waals surface area (Å²) >= 11 is 0. The van der Waals surface area contributed by atoms with Gasteiger partial charge in [0.15, 0.2) is 5.65 Å². The minimum atomic E-state index is -0.993. The number of carboxylic acid groups (broad SMARTS) is 1. The molecule has 5 nitrogen and oxygen atoms in total. The lowest BCUT2D eigenvalue weighted by atomic mass is 10.3. The predicted molar refractivity (Wildman–Crippen MR) is 40.8 cm³/mol. The number of rotatable bonds is 1. The maximum absolute atomic E-state index is 10.5. The first-order valence-electron chi connectivity index (χ1n) is 3.31. The molecule has 0 saturated carbocycles. The van der Waals surface area contributed by atoms with Crippen molar-refractivity contribution in [1.29, 1.82) is 0 Å². The van der Waals surface area contributed by atoms with Crippen LogP contribution < -0.4 is 0 Å². The number of carbonyl (C=O) groups is 1. The summed E-state index contributed by atoms with van der Waals surface area (Å²) in [5.74, 6) is -0.993. The van der Waals surface area contributed by atoms with Crippen molar-refractivity contribution in [2.75, 3.05) is 0 Å². The number of nitrogens with one attached hydrogen (secondary N) is 1. The van der Waals surface area contributed by atoms with Crippen LogP contribution in [0.1, 0.15) is 10.5 Å². The SMILES string of the molecule is O=C(O)c1cc2ccnnc2[nH]1. The Morgan fingerprint density at radius 3 is 3.08 bits per heavy atom. The fourth-order valence-electron chi connectivity index (χ4n) is 0.989. The summed E-state index contributed by atoms with van der Waals surface area (Å²) in [6, 6.07) is 3.22. The van der Waals surface area contributed by atoms with Gasteiger partial charge < -0.3 is 10.1 Å². The third-order valence-corrected chi connectivity index (χ3v) is 1.54. The molecule has 0 fully saturated rings. The summed E-state index contributed by atoms with van der Waals surface area (Å²) < 4.78 is 0. The number of fused-ring (bicyclic) bond motifs is 1. The van der Waals surface area contributed by atoms with E-state index in [1.807, 2.05) is 0 Å². The number of aromatic carboxylic acids is 1. The quantitative estimate of drug-likeness (QED) is 0.647. The van der Waals surface area contributed by atoms with E-state index in [1.54, 1.807) is 6.07 Å². The number of aromatic nitrogens is 3. The summed E-state index contributed by atoms with van der Waals surface area (Å²) in [6.45, 7) is 0. The van der Waals surface area contributed by atoms with Gasteiger partial charge in [-0.25, -0.2) is 4.79 Å². The number of hydrogen-bond acceptors (Lipinski definition) is 3. The van der Waals surface area contributed by atoms with Gasteiger partial charge in [-0.15, -0.1) is 5.10 Å². The molecule has 0 saturated heterocycles. The van der Waals surface area contributed by atoms with Crippen molar-refractivity contribution in [1.82, 2.24) is 15.2 Å². The highest BCUT2D eigenvalue weighted by molar-refractivity contribution is 5.92. The topological polar surface area (TPSA) is 78.9 Å². The normalized spacial score (nSPS) is 10.3. The van der Waals surface area contributed by atoms with E-state index in [0.717, 1.165) is 5.39 Å². The summed E-state index contributed by atoms with van der Waals surface area (Å²) in [6.07, 6.45) is 1.52. The number of H-pyrrole nitrogens is 1. The molecule has 0 aliphatic carbocycles. The van der Waals surface area contributed by atoms with Gasteiger partial charge in [-0.2, -0.15) is 5.10 Å². The largest absolute Gasteiger partial charge is 0.477 e. The maximum atomic E-state index is 10.5. The van der Waals surface area contributed by atoms with Gasteiger partial charge in [0.1, 0.15) is 5.69 Å². The first kappa shape index (κ1) is 6.78. The minimum absolute atomic E-state index is 0.130. The second-order valence-corrected chi connectivity index (χ2v) is 2.32. The number of aromatic amines is 1. The van der Waals surface area contributed by atoms with Gasteiger partial charge in [0.05, 0.1) is 6.20 Å². The number of carboxylic acids is 1. The van der Waals surface area contributed by atoms with Gasteiger partial charge in [0, 0.05) is 5.39 Å². The average Bonchev–Trinajstić information content (AvgIpc) is 2.46. The number of nitrogens with zero attached hydrogens (tertiary/aromatic N) is 2. The predicted octanol–water partition coefficient (Wildman–Crippen LogP) is 0.656. The van der Waals surface area contributed by atoms with E-state index in [1.165, 1.54) is 12.3 Å². The molecule has 0 spiro atoms. The van der Waals surface area contributed by atoms with Gasteiger partial charge in [-0.05, 0) is 12.1 Å². The molecule has 0 aromatic carbocycles. The lowest BCUT2D eigenvalue weighted by Crippen LogP contribution is -1.95. The van der Waals surface area contributed by atoms with Crippen LogP contribution in [0.4, 0.5) is 0 Å². The van der Waals surface area contributed by atoms with Crippen molar-refractivity contribution in [3.05, 3.63) is 24.0 Å². The zero-order chi connectivity index (χ0) is 8.55. The van der Waals surface area contributed by atoms with Crippen molar-refractivity contribution in [3.8, 4) is 0 Å². The third-order valence-electron chi connectivity index (χ3n) is 1.54. The average molecular weight is 163 g/mol. The summed E-state index contributed by atoms with van der Waals surface area (Å²) in [7, 11) is 0. The zero-order valence-corrected chi connectivity index (χ0v) is 5.98. The molecule has 0 atom stereocenters. The molecular weight excluding hydrogens is 158 g/mol. The fraction of sp³-hybridized carbons (Fsp3) is 0. The lowest BCUT2D eigenvalue weighted by Gasteiger charge is -1.82. The molecule has 2 aromatic heterocycles. The summed E-state index contributed by atoms with van der Waals surface area (Å²) in [4.78, 5) is 13.1. The highest BCUT2D eigenvalue weighted by Crippen LogP contribution is 2.10. The Balaban J connectivity index is 2.70. The van der Waals surface area contributed by atoms with Crippen LogP contribution in [0.25, 0.3) is 11.0 Å². The van der Waals surface area contributed by atoms with E-state index in [9.17, 15) is 4.79 Å². The van der Waals surface area contributed by atoms with Crippen molar-refractivity contribution >= 4 is 17.0 Å². The van der Waals surface area contributed by atoms with Gasteiger partial charge in [0.25, 0.3) is 0 Å². The van der Waals surface area contributed by atoms with Crippen LogP contribution in [-0.4, -0.2) is 26.3 Å². The first-order chi connectivity index (χ1) is 5.77. The highest BCUT2D eigenvalue weighted by atomic mass is 16.4. The van der Waals surface area contributed by atoms with Crippen LogP contribution in [0.15, 0.2) is 18.3 Å². The van der Waals surface area contributed by atoms with E-state index >= 15 is 0 Å². The van der Waals surface area contributed by atoms with Crippen LogP contribution in [0, 0.1) is 0 Å². The van der Waals surface area contributed by atoms with Crippen molar-refractivity contribution in [3.63, 3.8) is 0 Å². The molecule has 0 bridgehead atoms. The van der Waals surface area contributed by atoms with Crippen LogP contribution in [0.2, 0.25) is 0 Å². The Morgan fingerprint density at radius 1 is 1.58 bits per heavy atom. The third kappa shape index (κ3) is 0.914. The molecule has 60 valence electrons. The Bertz CT molecular complexity index is 402. The van der Waals surface area contributed by atoms with Gasteiger partial charge in [-0.3, -0.25) is 0 Å². The second kappa shape index (κ2) is 2.30. The molecule has 0 aliphatic rings. The van der Waals surface area contributed by atoms with E-state index in [4.69, 9.17) is 5.11 Å². The lowest BCUT2D eigenvalue weighted by molar-refractivity contribution is 0.0691. The molecule has 0 aliphatic heterocycles. The van der Waals surface area contributed by atoms with Crippen molar-refractivity contribution in [2.45, 2.75) is 0 Å². The smallest absolute Gasteiger partial charge is 0.352 e. The van der Waals surface area contributed by atoms with Gasteiger partial charge in [0.2, 0.25) is 0 Å². The van der Waals surface area contributed by atoms with Crippen molar-refractivity contribution in [2.24, 2.45) is 0 Å². The van der Waals surface area contributed by atoms with Gasteiger partial charge >= 0.3 is 5.97 Å². The number of hydrogen-bond donors (Lipinski definition) is 2. The summed E-state index contributed by atoms with van der Waals surface area (Å²) in [5, 5.41) is 16.7. The minimum Gasteiger partial charge on any atom is -0.477 e. The van der Waals surface area contributed by atoms with E-state index in [-0.39, 0.29) is 5.69 Å². The second-order valence-electron chi connectivity index (χ2n) is 2.32. The fourth-order valence-corrected chi connectivity index (χ4v) is 0.989. The standard InChI is InChI=1S/C7H5N3O2/c11-7(12)5-3-4-1-2-8-10-6(4)9-5/h1-3H,(H,9,10)(H,11,12). The maximum Gasteiger partial charge on any atom is 0.352 e. The Kier molecular flexibility index (Phi) is 1.30. The molecule has 2 N–H and O–H groups in total. The van der Waals surface area contributed by atoms with Gasteiger partial charge in [-0.1, -0.05) is 0 Å². The van der Waals surface area contributed by atoms with E-state index in [2.05, 4.69) is 15.2 Å². The molecule has 12 heavy (non-hydrogen) atoms. The van der Waals surface area contributed by atoms with Crippen LogP contribution in [0.3, 0.4) is 0 Å². The molecule has 5 heteroatoms. The summed E-state index contributed by atoms with van der Waals surface area (Å²) in [5.41, 5.74) is 0.625. The molecule has 0 unspecified atom stereocenters.